The standard InChI is InChI=1S/C7H6ClNO2/c1-11-6-2-5(4-10)3-9-7(6)8/h2-4H,1H3. The first-order valence-corrected chi connectivity index (χ1v) is 3.30. The molecule has 0 aliphatic rings. The lowest BCUT2D eigenvalue weighted by atomic mass is 10.3. The third-order valence-electron chi connectivity index (χ3n) is 1.18. The molecule has 0 radical (unpaired) electrons. The summed E-state index contributed by atoms with van der Waals surface area (Å²) in [5, 5.41) is 0.262. The summed E-state index contributed by atoms with van der Waals surface area (Å²) in [6, 6.07) is 1.53. The summed E-state index contributed by atoms with van der Waals surface area (Å²) in [7, 11) is 1.47. The molecule has 0 aliphatic heterocycles. The molecular formula is C7H6ClNO2. The van der Waals surface area contributed by atoms with Gasteiger partial charge in [-0.2, -0.15) is 0 Å². The molecule has 0 aromatic carbocycles. The lowest BCUT2D eigenvalue weighted by Gasteiger charge is -2.00. The molecule has 1 rings (SSSR count). The highest BCUT2D eigenvalue weighted by Gasteiger charge is 2.01. The Balaban J connectivity index is 3.12. The van der Waals surface area contributed by atoms with Crippen LogP contribution in [-0.2, 0) is 0 Å². The van der Waals surface area contributed by atoms with Gasteiger partial charge in [-0.1, -0.05) is 11.6 Å². The minimum absolute atomic E-state index is 0.262. The fraction of sp³-hybridized carbons (Fsp3) is 0.143. The first-order valence-electron chi connectivity index (χ1n) is 2.92. The molecule has 0 aliphatic carbocycles. The maximum absolute atomic E-state index is 10.2. The monoisotopic (exact) mass is 171 g/mol. The summed E-state index contributed by atoms with van der Waals surface area (Å²) in [5.74, 6) is 0.413. The van der Waals surface area contributed by atoms with Crippen molar-refractivity contribution in [2.75, 3.05) is 7.11 Å². The Morgan fingerprint density at radius 2 is 2.45 bits per heavy atom. The Morgan fingerprint density at radius 1 is 1.73 bits per heavy atom. The highest BCUT2D eigenvalue weighted by Crippen LogP contribution is 2.21. The molecule has 1 aromatic heterocycles. The number of pyridine rings is 1. The smallest absolute Gasteiger partial charge is 0.171 e. The lowest BCUT2D eigenvalue weighted by Crippen LogP contribution is -1.89. The Bertz CT molecular complexity index is 275. The second-order valence-electron chi connectivity index (χ2n) is 1.88. The Hall–Kier alpha value is -1.09. The molecule has 0 spiro atoms. The van der Waals surface area contributed by atoms with Crippen LogP contribution in [0.3, 0.4) is 0 Å². The molecule has 3 nitrogen and oxygen atoms in total. The number of nitrogens with zero attached hydrogens (tertiary/aromatic N) is 1. The van der Waals surface area contributed by atoms with E-state index in [9.17, 15) is 4.79 Å². The van der Waals surface area contributed by atoms with Crippen molar-refractivity contribution in [3.63, 3.8) is 0 Å². The first-order chi connectivity index (χ1) is 5.27. The van der Waals surface area contributed by atoms with Crippen LogP contribution in [-0.4, -0.2) is 18.4 Å². The molecule has 0 amide bonds. The fourth-order valence-electron chi connectivity index (χ4n) is 0.651. The van der Waals surface area contributed by atoms with Crippen LogP contribution < -0.4 is 4.74 Å². The average molecular weight is 172 g/mol. The maximum Gasteiger partial charge on any atom is 0.171 e. The molecule has 4 heteroatoms. The third kappa shape index (κ3) is 1.68. The second kappa shape index (κ2) is 3.34. The van der Waals surface area contributed by atoms with Crippen molar-refractivity contribution in [3.8, 4) is 5.75 Å². The van der Waals surface area contributed by atoms with Crippen LogP contribution in [0.5, 0.6) is 5.75 Å². The van der Waals surface area contributed by atoms with E-state index in [4.69, 9.17) is 16.3 Å². The van der Waals surface area contributed by atoms with Gasteiger partial charge in [0.25, 0.3) is 0 Å². The summed E-state index contributed by atoms with van der Waals surface area (Å²) in [5.41, 5.74) is 0.450. The average Bonchev–Trinajstić information content (AvgIpc) is 2.05. The van der Waals surface area contributed by atoms with Gasteiger partial charge in [0.15, 0.2) is 17.2 Å². The molecule has 0 saturated carbocycles. The van der Waals surface area contributed by atoms with Gasteiger partial charge < -0.3 is 4.74 Å². The van der Waals surface area contributed by atoms with E-state index in [1.165, 1.54) is 19.4 Å². The van der Waals surface area contributed by atoms with Gasteiger partial charge in [-0.05, 0) is 6.07 Å². The molecule has 11 heavy (non-hydrogen) atoms. The van der Waals surface area contributed by atoms with E-state index in [0.29, 0.717) is 17.6 Å². The molecule has 0 bridgehead atoms. The predicted molar refractivity (Wildman–Crippen MR) is 41.2 cm³/mol. The topological polar surface area (TPSA) is 39.2 Å². The number of methoxy groups -OCH3 is 1. The molecule has 0 atom stereocenters. The number of aldehydes is 1. The summed E-state index contributed by atoms with van der Waals surface area (Å²) in [6.07, 6.45) is 2.07. The first kappa shape index (κ1) is 8.01. The third-order valence-corrected chi connectivity index (χ3v) is 1.47. The number of rotatable bonds is 2. The lowest BCUT2D eigenvalue weighted by molar-refractivity contribution is 0.112. The van der Waals surface area contributed by atoms with Gasteiger partial charge in [0.2, 0.25) is 0 Å². The van der Waals surface area contributed by atoms with Crippen molar-refractivity contribution >= 4 is 17.9 Å². The number of carbonyl (C=O) groups is 1. The van der Waals surface area contributed by atoms with Gasteiger partial charge in [0, 0.05) is 11.8 Å². The number of ether oxygens (including phenoxy) is 1. The van der Waals surface area contributed by atoms with Crippen LogP contribution in [0, 0.1) is 0 Å². The van der Waals surface area contributed by atoms with Gasteiger partial charge in [0.05, 0.1) is 7.11 Å². The highest BCUT2D eigenvalue weighted by atomic mass is 35.5. The van der Waals surface area contributed by atoms with E-state index in [1.54, 1.807) is 0 Å². The van der Waals surface area contributed by atoms with Crippen LogP contribution in [0.4, 0.5) is 0 Å². The van der Waals surface area contributed by atoms with Crippen LogP contribution in [0.1, 0.15) is 10.4 Å². The number of hydrogen-bond donors (Lipinski definition) is 0. The number of halogens is 1. The predicted octanol–water partition coefficient (Wildman–Crippen LogP) is 1.56. The van der Waals surface area contributed by atoms with Crippen LogP contribution in [0.25, 0.3) is 0 Å². The molecule has 0 unspecified atom stereocenters. The van der Waals surface area contributed by atoms with Crippen molar-refractivity contribution in [2.45, 2.75) is 0 Å². The fourth-order valence-corrected chi connectivity index (χ4v) is 0.831. The summed E-state index contributed by atoms with van der Waals surface area (Å²) in [4.78, 5) is 14.0. The van der Waals surface area contributed by atoms with Crippen molar-refractivity contribution in [3.05, 3.63) is 23.0 Å². The Labute approximate surface area is 69.0 Å². The molecular weight excluding hydrogens is 166 g/mol. The number of aromatic nitrogens is 1. The normalized spacial score (nSPS) is 9.27. The largest absolute Gasteiger partial charge is 0.494 e. The number of carbonyl (C=O) groups excluding carboxylic acids is 1. The Morgan fingerprint density at radius 3 is 3.00 bits per heavy atom. The molecule has 0 fully saturated rings. The van der Waals surface area contributed by atoms with Crippen molar-refractivity contribution in [2.24, 2.45) is 0 Å². The van der Waals surface area contributed by atoms with E-state index in [2.05, 4.69) is 4.98 Å². The quantitative estimate of drug-likeness (QED) is 0.501. The zero-order valence-electron chi connectivity index (χ0n) is 5.87. The van der Waals surface area contributed by atoms with Crippen molar-refractivity contribution in [1.82, 2.24) is 4.98 Å². The van der Waals surface area contributed by atoms with Crippen molar-refractivity contribution < 1.29 is 9.53 Å². The minimum Gasteiger partial charge on any atom is -0.494 e. The van der Waals surface area contributed by atoms with Gasteiger partial charge in [-0.15, -0.1) is 0 Å². The minimum atomic E-state index is 0.262. The van der Waals surface area contributed by atoms with E-state index in [0.717, 1.165) is 0 Å². The highest BCUT2D eigenvalue weighted by molar-refractivity contribution is 6.30. The van der Waals surface area contributed by atoms with Crippen molar-refractivity contribution in [1.29, 1.82) is 0 Å². The van der Waals surface area contributed by atoms with Gasteiger partial charge in [-0.3, -0.25) is 4.79 Å². The number of hydrogen-bond acceptors (Lipinski definition) is 3. The molecule has 1 heterocycles. The molecule has 1 aromatic rings. The van der Waals surface area contributed by atoms with E-state index < -0.39 is 0 Å². The zero-order chi connectivity index (χ0) is 8.27. The van der Waals surface area contributed by atoms with Crippen LogP contribution in [0.15, 0.2) is 12.3 Å². The summed E-state index contributed by atoms with van der Waals surface area (Å²) >= 11 is 5.60. The van der Waals surface area contributed by atoms with E-state index in [-0.39, 0.29) is 5.15 Å². The molecule has 0 N–H and O–H groups in total. The molecule has 0 saturated heterocycles. The SMILES string of the molecule is COc1cc(C=O)cnc1Cl. The molecule has 58 valence electrons. The zero-order valence-corrected chi connectivity index (χ0v) is 6.63. The van der Waals surface area contributed by atoms with Gasteiger partial charge >= 0.3 is 0 Å². The Kier molecular flexibility index (Phi) is 2.44. The van der Waals surface area contributed by atoms with E-state index in [1.807, 2.05) is 0 Å². The summed E-state index contributed by atoms with van der Waals surface area (Å²) in [6.45, 7) is 0. The summed E-state index contributed by atoms with van der Waals surface area (Å²) < 4.78 is 4.83. The van der Waals surface area contributed by atoms with Crippen LogP contribution in [0.2, 0.25) is 5.15 Å². The van der Waals surface area contributed by atoms with Crippen LogP contribution >= 0.6 is 11.6 Å². The maximum atomic E-state index is 10.2. The van der Waals surface area contributed by atoms with E-state index >= 15 is 0 Å². The van der Waals surface area contributed by atoms with Gasteiger partial charge in [-0.25, -0.2) is 4.98 Å². The second-order valence-corrected chi connectivity index (χ2v) is 2.24. The van der Waals surface area contributed by atoms with Gasteiger partial charge in [0.1, 0.15) is 0 Å².